The first-order valence-electron chi connectivity index (χ1n) is 5.42. The third kappa shape index (κ3) is 2.00. The zero-order valence-corrected chi connectivity index (χ0v) is 10.4. The molecule has 90 valence electrons. The van der Waals surface area contributed by atoms with Crippen LogP contribution >= 0.6 is 11.6 Å². The van der Waals surface area contributed by atoms with Crippen LogP contribution in [-0.2, 0) is 0 Å². The molecule has 18 heavy (non-hydrogen) atoms. The van der Waals surface area contributed by atoms with Gasteiger partial charge in [-0.25, -0.2) is 15.0 Å². The Balaban J connectivity index is 2.04. The predicted molar refractivity (Wildman–Crippen MR) is 71.2 cm³/mol. The van der Waals surface area contributed by atoms with Crippen LogP contribution in [0, 0.1) is 6.92 Å². The van der Waals surface area contributed by atoms with Crippen molar-refractivity contribution in [1.82, 2.24) is 19.9 Å². The van der Waals surface area contributed by atoms with Crippen LogP contribution in [0.2, 0.25) is 5.02 Å². The minimum atomic E-state index is 0.645. The van der Waals surface area contributed by atoms with Gasteiger partial charge in [-0.2, -0.15) is 0 Å². The van der Waals surface area contributed by atoms with E-state index < -0.39 is 0 Å². The molecule has 1 aromatic carbocycles. The number of aryl methyl sites for hydroxylation is 1. The average molecular weight is 260 g/mol. The molecule has 0 atom stereocenters. The van der Waals surface area contributed by atoms with E-state index in [-0.39, 0.29) is 0 Å². The normalized spacial score (nSPS) is 10.8. The molecule has 2 heterocycles. The highest BCUT2D eigenvalue weighted by atomic mass is 35.5. The smallest absolute Gasteiger partial charge is 0.183 e. The third-order valence-corrected chi connectivity index (χ3v) is 2.73. The van der Waals surface area contributed by atoms with Gasteiger partial charge in [0.15, 0.2) is 11.5 Å². The highest BCUT2D eigenvalue weighted by molar-refractivity contribution is 6.30. The molecule has 0 fully saturated rings. The van der Waals surface area contributed by atoms with Gasteiger partial charge >= 0.3 is 0 Å². The SMILES string of the molecule is Cc1nc2ncnc(Nc3cccc(Cl)c3)c2[nH]1. The molecule has 3 aromatic rings. The van der Waals surface area contributed by atoms with E-state index in [1.165, 1.54) is 6.33 Å². The van der Waals surface area contributed by atoms with Crippen molar-refractivity contribution in [2.24, 2.45) is 0 Å². The lowest BCUT2D eigenvalue weighted by atomic mass is 10.3. The van der Waals surface area contributed by atoms with Gasteiger partial charge in [-0.05, 0) is 25.1 Å². The molecule has 5 nitrogen and oxygen atoms in total. The van der Waals surface area contributed by atoms with Crippen molar-refractivity contribution in [3.63, 3.8) is 0 Å². The van der Waals surface area contributed by atoms with Crippen molar-refractivity contribution >= 4 is 34.3 Å². The van der Waals surface area contributed by atoms with Gasteiger partial charge in [0.05, 0.1) is 0 Å². The molecule has 0 aliphatic carbocycles. The van der Waals surface area contributed by atoms with Crippen LogP contribution < -0.4 is 5.32 Å². The molecule has 0 spiro atoms. The summed E-state index contributed by atoms with van der Waals surface area (Å²) in [4.78, 5) is 15.7. The zero-order valence-electron chi connectivity index (χ0n) is 9.61. The van der Waals surface area contributed by atoms with Crippen LogP contribution in [-0.4, -0.2) is 19.9 Å². The van der Waals surface area contributed by atoms with E-state index in [2.05, 4.69) is 25.3 Å². The molecule has 2 N–H and O–H groups in total. The molecule has 0 saturated heterocycles. The number of nitrogens with one attached hydrogen (secondary N) is 2. The number of H-pyrrole nitrogens is 1. The van der Waals surface area contributed by atoms with Crippen molar-refractivity contribution < 1.29 is 0 Å². The second-order valence-electron chi connectivity index (χ2n) is 3.88. The van der Waals surface area contributed by atoms with Crippen molar-refractivity contribution in [3.05, 3.63) is 41.4 Å². The fraction of sp³-hybridized carbons (Fsp3) is 0.0833. The lowest BCUT2D eigenvalue weighted by Gasteiger charge is -2.05. The highest BCUT2D eigenvalue weighted by Crippen LogP contribution is 2.22. The summed E-state index contributed by atoms with van der Waals surface area (Å²) >= 11 is 5.94. The summed E-state index contributed by atoms with van der Waals surface area (Å²) in [5.74, 6) is 1.49. The lowest BCUT2D eigenvalue weighted by Crippen LogP contribution is -1.95. The number of aromatic amines is 1. The van der Waals surface area contributed by atoms with Gasteiger partial charge in [-0.1, -0.05) is 17.7 Å². The number of anilines is 2. The van der Waals surface area contributed by atoms with Crippen LogP contribution in [0.4, 0.5) is 11.5 Å². The largest absolute Gasteiger partial charge is 0.338 e. The average Bonchev–Trinajstić information content (AvgIpc) is 2.71. The molecule has 0 amide bonds. The van der Waals surface area contributed by atoms with Gasteiger partial charge in [0.2, 0.25) is 0 Å². The van der Waals surface area contributed by atoms with Gasteiger partial charge < -0.3 is 10.3 Å². The number of imidazole rings is 1. The van der Waals surface area contributed by atoms with Gasteiger partial charge in [0, 0.05) is 10.7 Å². The minimum Gasteiger partial charge on any atom is -0.338 e. The number of aromatic nitrogens is 4. The molecule has 0 bridgehead atoms. The molecule has 0 unspecified atom stereocenters. The fourth-order valence-electron chi connectivity index (χ4n) is 1.74. The third-order valence-electron chi connectivity index (χ3n) is 2.49. The van der Waals surface area contributed by atoms with Crippen molar-refractivity contribution in [2.45, 2.75) is 6.92 Å². The Morgan fingerprint density at radius 1 is 1.28 bits per heavy atom. The topological polar surface area (TPSA) is 66.5 Å². The Labute approximate surface area is 108 Å². The number of fused-ring (bicyclic) bond motifs is 1. The molecule has 0 saturated carbocycles. The maximum absolute atomic E-state index is 5.94. The van der Waals surface area contributed by atoms with E-state index in [9.17, 15) is 0 Å². The summed E-state index contributed by atoms with van der Waals surface area (Å²) in [7, 11) is 0. The monoisotopic (exact) mass is 259 g/mol. The first-order valence-corrected chi connectivity index (χ1v) is 5.80. The van der Waals surface area contributed by atoms with E-state index in [1.54, 1.807) is 0 Å². The number of benzene rings is 1. The van der Waals surface area contributed by atoms with E-state index in [0.717, 1.165) is 17.0 Å². The van der Waals surface area contributed by atoms with E-state index in [4.69, 9.17) is 11.6 Å². The zero-order chi connectivity index (χ0) is 12.5. The van der Waals surface area contributed by atoms with Crippen LogP contribution in [0.25, 0.3) is 11.2 Å². The number of nitrogens with zero attached hydrogens (tertiary/aromatic N) is 3. The van der Waals surface area contributed by atoms with E-state index >= 15 is 0 Å². The standard InChI is InChI=1S/C12H10ClN5/c1-7-16-10-11(17-7)14-6-15-12(10)18-9-4-2-3-8(13)5-9/h2-6H,1H3,(H2,14,15,16,17,18). The number of halogens is 1. The van der Waals surface area contributed by atoms with Crippen molar-refractivity contribution in [3.8, 4) is 0 Å². The number of rotatable bonds is 2. The summed E-state index contributed by atoms with van der Waals surface area (Å²) < 4.78 is 0. The highest BCUT2D eigenvalue weighted by Gasteiger charge is 2.07. The van der Waals surface area contributed by atoms with Gasteiger partial charge in [-0.3, -0.25) is 0 Å². The van der Waals surface area contributed by atoms with Crippen molar-refractivity contribution in [1.29, 1.82) is 0 Å². The second-order valence-corrected chi connectivity index (χ2v) is 4.31. The maximum Gasteiger partial charge on any atom is 0.183 e. The van der Waals surface area contributed by atoms with Gasteiger partial charge in [-0.15, -0.1) is 0 Å². The Morgan fingerprint density at radius 2 is 2.17 bits per heavy atom. The first-order chi connectivity index (χ1) is 8.72. The van der Waals surface area contributed by atoms with Gasteiger partial charge in [0.1, 0.15) is 17.7 Å². The Bertz CT molecular complexity index is 707. The second kappa shape index (κ2) is 4.27. The molecular formula is C12H10ClN5. The van der Waals surface area contributed by atoms with Crippen LogP contribution in [0.3, 0.4) is 0 Å². The molecule has 0 radical (unpaired) electrons. The molecule has 0 aliphatic rings. The Morgan fingerprint density at radius 3 is 3.00 bits per heavy atom. The summed E-state index contributed by atoms with van der Waals surface area (Å²) in [6.45, 7) is 1.88. The molecular weight excluding hydrogens is 250 g/mol. The van der Waals surface area contributed by atoms with Crippen LogP contribution in [0.5, 0.6) is 0 Å². The Kier molecular flexibility index (Phi) is 2.60. The summed E-state index contributed by atoms with van der Waals surface area (Å²) in [6, 6.07) is 7.45. The van der Waals surface area contributed by atoms with Crippen LogP contribution in [0.1, 0.15) is 5.82 Å². The maximum atomic E-state index is 5.94. The predicted octanol–water partition coefficient (Wildman–Crippen LogP) is 3.06. The first kappa shape index (κ1) is 11.0. The van der Waals surface area contributed by atoms with Crippen LogP contribution in [0.15, 0.2) is 30.6 Å². The van der Waals surface area contributed by atoms with E-state index in [0.29, 0.717) is 16.5 Å². The summed E-state index contributed by atoms with van der Waals surface area (Å²) in [5.41, 5.74) is 2.30. The fourth-order valence-corrected chi connectivity index (χ4v) is 1.93. The quantitative estimate of drug-likeness (QED) is 0.742. The molecule has 2 aromatic heterocycles. The lowest BCUT2D eigenvalue weighted by molar-refractivity contribution is 1.16. The number of hydrogen-bond donors (Lipinski definition) is 2. The number of hydrogen-bond acceptors (Lipinski definition) is 4. The Hall–Kier alpha value is -2.14. The van der Waals surface area contributed by atoms with E-state index in [1.807, 2.05) is 31.2 Å². The molecule has 0 aliphatic heterocycles. The summed E-state index contributed by atoms with van der Waals surface area (Å²) in [6.07, 6.45) is 1.48. The molecule has 6 heteroatoms. The summed E-state index contributed by atoms with van der Waals surface area (Å²) in [5, 5.41) is 3.87. The molecule has 3 rings (SSSR count). The van der Waals surface area contributed by atoms with Crippen molar-refractivity contribution in [2.75, 3.05) is 5.32 Å². The minimum absolute atomic E-state index is 0.645. The van der Waals surface area contributed by atoms with Gasteiger partial charge in [0.25, 0.3) is 0 Å².